The van der Waals surface area contributed by atoms with Gasteiger partial charge in [0, 0.05) is 20.1 Å². The molecule has 4 heteroatoms. The van der Waals surface area contributed by atoms with Gasteiger partial charge in [0.2, 0.25) is 0 Å². The van der Waals surface area contributed by atoms with Gasteiger partial charge >= 0.3 is 0 Å². The zero-order chi connectivity index (χ0) is 13.7. The smallest absolute Gasteiger partial charge is 0.0406 e. The Morgan fingerprint density at radius 2 is 1.74 bits per heavy atom. The predicted molar refractivity (Wildman–Crippen MR) is 87.9 cm³/mol. The molecule has 2 rings (SSSR count). The van der Waals surface area contributed by atoms with E-state index in [1.54, 1.807) is 0 Å². The molecule has 1 nitrogen and oxygen atoms in total. The molecule has 0 amide bonds. The number of halogens is 2. The molecule has 0 unspecified atom stereocenters. The summed E-state index contributed by atoms with van der Waals surface area (Å²) >= 11 is 11.3. The van der Waals surface area contributed by atoms with E-state index in [0.717, 1.165) is 21.7 Å². The minimum atomic E-state index is 0.684. The molecular weight excluding hydrogens is 342 g/mol. The number of thioether (sulfide) groups is 1. The molecule has 19 heavy (non-hydrogen) atoms. The topological polar surface area (TPSA) is 26.0 Å². The molecule has 0 atom stereocenters. The summed E-state index contributed by atoms with van der Waals surface area (Å²) in [4.78, 5) is 1.25. The first kappa shape index (κ1) is 14.9. The highest BCUT2D eigenvalue weighted by Crippen LogP contribution is 2.31. The van der Waals surface area contributed by atoms with Gasteiger partial charge in [-0.3, -0.25) is 0 Å². The second kappa shape index (κ2) is 7.34. The summed E-state index contributed by atoms with van der Waals surface area (Å²) in [6.45, 7) is 0.684. The molecule has 0 aliphatic heterocycles. The molecule has 0 spiro atoms. The van der Waals surface area contributed by atoms with E-state index < -0.39 is 0 Å². The van der Waals surface area contributed by atoms with Crippen LogP contribution >= 0.6 is 39.3 Å². The van der Waals surface area contributed by atoms with Gasteiger partial charge < -0.3 is 5.73 Å². The molecule has 0 saturated heterocycles. The quantitative estimate of drug-likeness (QED) is 0.771. The van der Waals surface area contributed by atoms with E-state index in [0.29, 0.717) is 6.54 Å². The van der Waals surface area contributed by atoms with Crippen molar-refractivity contribution >= 4 is 39.3 Å². The van der Waals surface area contributed by atoms with Crippen molar-refractivity contribution in [1.82, 2.24) is 0 Å². The summed E-state index contributed by atoms with van der Waals surface area (Å²) in [6.07, 6.45) is 0.917. The van der Waals surface area contributed by atoms with Crippen LogP contribution < -0.4 is 5.73 Å². The second-order valence-corrected chi connectivity index (χ2v) is 6.53. The van der Waals surface area contributed by atoms with E-state index in [9.17, 15) is 0 Å². The van der Waals surface area contributed by atoms with Crippen molar-refractivity contribution in [3.05, 3.63) is 63.1 Å². The van der Waals surface area contributed by atoms with Crippen molar-refractivity contribution in [1.29, 1.82) is 0 Å². The molecule has 0 aromatic heterocycles. The maximum atomic E-state index is 5.88. The Labute approximate surface area is 131 Å². The molecule has 0 heterocycles. The highest BCUT2D eigenvalue weighted by molar-refractivity contribution is 9.10. The molecule has 0 aliphatic carbocycles. The molecule has 2 N–H and O–H groups in total. The number of rotatable bonds is 5. The molecule has 100 valence electrons. The lowest BCUT2D eigenvalue weighted by Gasteiger charge is -2.07. The molecule has 2 aromatic rings. The fraction of sp³-hybridized carbons (Fsp3) is 0.200. The Morgan fingerprint density at radius 1 is 1.05 bits per heavy atom. The van der Waals surface area contributed by atoms with E-state index in [-0.39, 0.29) is 0 Å². The Kier molecular flexibility index (Phi) is 5.76. The maximum Gasteiger partial charge on any atom is 0.0406 e. The average Bonchev–Trinajstić information content (AvgIpc) is 2.40. The summed E-state index contributed by atoms with van der Waals surface area (Å²) in [7, 11) is 0. The van der Waals surface area contributed by atoms with Crippen LogP contribution in [0.2, 0.25) is 5.02 Å². The van der Waals surface area contributed by atoms with E-state index in [1.165, 1.54) is 16.0 Å². The van der Waals surface area contributed by atoms with Gasteiger partial charge in [0.05, 0.1) is 0 Å². The van der Waals surface area contributed by atoms with Crippen molar-refractivity contribution < 1.29 is 0 Å². The van der Waals surface area contributed by atoms with Crippen LogP contribution in [0.3, 0.4) is 0 Å². The van der Waals surface area contributed by atoms with Crippen LogP contribution in [0.15, 0.2) is 51.8 Å². The lowest BCUT2D eigenvalue weighted by molar-refractivity contribution is 0.965. The maximum absolute atomic E-state index is 5.88. The van der Waals surface area contributed by atoms with E-state index in [1.807, 2.05) is 23.9 Å². The fourth-order valence-corrected chi connectivity index (χ4v) is 3.50. The van der Waals surface area contributed by atoms with E-state index in [4.69, 9.17) is 17.3 Å². The Morgan fingerprint density at radius 3 is 2.37 bits per heavy atom. The van der Waals surface area contributed by atoms with Crippen LogP contribution in [0, 0.1) is 0 Å². The van der Waals surface area contributed by atoms with Crippen molar-refractivity contribution in [2.75, 3.05) is 6.54 Å². The van der Waals surface area contributed by atoms with E-state index >= 15 is 0 Å². The molecular formula is C15H15BrClNS. The lowest BCUT2D eigenvalue weighted by atomic mass is 10.2. The second-order valence-electron chi connectivity index (χ2n) is 4.22. The summed E-state index contributed by atoms with van der Waals surface area (Å²) in [5, 5.41) is 0.779. The van der Waals surface area contributed by atoms with Crippen LogP contribution in [0.25, 0.3) is 0 Å². The molecule has 2 aromatic carbocycles. The SMILES string of the molecule is NCCc1ccc(SCc2ccc(Cl)cc2)c(Br)c1. The minimum absolute atomic E-state index is 0.684. The third-order valence-electron chi connectivity index (χ3n) is 2.74. The van der Waals surface area contributed by atoms with Crippen LogP contribution in [0.4, 0.5) is 0 Å². The first-order valence-corrected chi connectivity index (χ1v) is 8.20. The Bertz CT molecular complexity index is 542. The molecule has 0 fully saturated rings. The first-order valence-electron chi connectivity index (χ1n) is 6.05. The number of nitrogens with two attached hydrogens (primary N) is 1. The monoisotopic (exact) mass is 355 g/mol. The molecule has 0 aliphatic rings. The largest absolute Gasteiger partial charge is 0.330 e. The predicted octanol–water partition coefficient (Wildman–Crippen LogP) is 4.90. The summed E-state index contributed by atoms with van der Waals surface area (Å²) in [6, 6.07) is 14.4. The van der Waals surface area contributed by atoms with Crippen LogP contribution in [-0.4, -0.2) is 6.54 Å². The highest BCUT2D eigenvalue weighted by Gasteiger charge is 2.03. The normalized spacial score (nSPS) is 10.7. The Hall–Kier alpha value is -0.480. The van der Waals surface area contributed by atoms with Gasteiger partial charge in [-0.05, 0) is 64.3 Å². The third-order valence-corrected chi connectivity index (χ3v) is 5.05. The van der Waals surface area contributed by atoms with Crippen molar-refractivity contribution in [2.24, 2.45) is 5.73 Å². The van der Waals surface area contributed by atoms with E-state index in [2.05, 4.69) is 46.3 Å². The van der Waals surface area contributed by atoms with Crippen molar-refractivity contribution in [3.63, 3.8) is 0 Å². The lowest BCUT2D eigenvalue weighted by Crippen LogP contribution is -2.02. The Balaban J connectivity index is 2.01. The molecule has 0 saturated carbocycles. The van der Waals surface area contributed by atoms with Crippen LogP contribution in [0.5, 0.6) is 0 Å². The summed E-state index contributed by atoms with van der Waals surface area (Å²) < 4.78 is 1.14. The first-order chi connectivity index (χ1) is 9.19. The van der Waals surface area contributed by atoms with Crippen molar-refractivity contribution in [3.8, 4) is 0 Å². The van der Waals surface area contributed by atoms with Gasteiger partial charge in [0.1, 0.15) is 0 Å². The number of hydrogen-bond acceptors (Lipinski definition) is 2. The van der Waals surface area contributed by atoms with Gasteiger partial charge in [-0.25, -0.2) is 0 Å². The minimum Gasteiger partial charge on any atom is -0.330 e. The standard InChI is InChI=1S/C15H15BrClNS/c16-14-9-11(7-8-18)3-6-15(14)19-10-12-1-4-13(17)5-2-12/h1-6,9H,7-8,10,18H2. The third kappa shape index (κ3) is 4.53. The number of hydrogen-bond donors (Lipinski definition) is 1. The summed E-state index contributed by atoms with van der Waals surface area (Å²) in [5.74, 6) is 0.937. The van der Waals surface area contributed by atoms with Gasteiger partial charge in [0.15, 0.2) is 0 Å². The van der Waals surface area contributed by atoms with Gasteiger partial charge in [-0.1, -0.05) is 29.8 Å². The zero-order valence-corrected chi connectivity index (χ0v) is 13.6. The van der Waals surface area contributed by atoms with Gasteiger partial charge in [-0.2, -0.15) is 0 Å². The van der Waals surface area contributed by atoms with Gasteiger partial charge in [0.25, 0.3) is 0 Å². The zero-order valence-electron chi connectivity index (χ0n) is 10.4. The molecule has 0 radical (unpaired) electrons. The fourth-order valence-electron chi connectivity index (χ4n) is 1.73. The van der Waals surface area contributed by atoms with Crippen LogP contribution in [0.1, 0.15) is 11.1 Å². The van der Waals surface area contributed by atoms with Crippen molar-refractivity contribution in [2.45, 2.75) is 17.1 Å². The van der Waals surface area contributed by atoms with Gasteiger partial charge in [-0.15, -0.1) is 11.8 Å². The molecule has 0 bridgehead atoms. The summed E-state index contributed by atoms with van der Waals surface area (Å²) in [5.41, 5.74) is 8.10. The average molecular weight is 357 g/mol. The van der Waals surface area contributed by atoms with Crippen LogP contribution in [-0.2, 0) is 12.2 Å². The number of benzene rings is 2. The highest BCUT2D eigenvalue weighted by atomic mass is 79.9.